The van der Waals surface area contributed by atoms with Crippen LogP contribution in [0.25, 0.3) is 0 Å². The van der Waals surface area contributed by atoms with Crippen LogP contribution in [0.5, 0.6) is 0 Å². The van der Waals surface area contributed by atoms with E-state index >= 15 is 0 Å². The number of thioether (sulfide) groups is 1. The smallest absolute Gasteiger partial charge is 0.269 e. The minimum atomic E-state index is -0.446. The number of amides is 1. The van der Waals surface area contributed by atoms with Crippen LogP contribution in [0.1, 0.15) is 50.0 Å². The first kappa shape index (κ1) is 19.0. The fourth-order valence-electron chi connectivity index (χ4n) is 4.37. The molecule has 146 valence electrons. The van der Waals surface area contributed by atoms with E-state index in [1.807, 2.05) is 0 Å². The fourth-order valence-corrected chi connectivity index (χ4v) is 5.60. The van der Waals surface area contributed by atoms with Gasteiger partial charge in [0.15, 0.2) is 0 Å². The normalized spacial score (nSPS) is 24.0. The summed E-state index contributed by atoms with van der Waals surface area (Å²) in [5.74, 6) is 0.478. The summed E-state index contributed by atoms with van der Waals surface area (Å²) in [6, 6.07) is 9.03. The van der Waals surface area contributed by atoms with Gasteiger partial charge in [0.1, 0.15) is 0 Å². The number of nitro groups is 1. The lowest BCUT2D eigenvalue weighted by atomic mass is 9.86. The predicted molar refractivity (Wildman–Crippen MR) is 106 cm³/mol. The van der Waals surface area contributed by atoms with E-state index in [9.17, 15) is 20.2 Å². The van der Waals surface area contributed by atoms with Gasteiger partial charge >= 0.3 is 0 Å². The molecule has 1 saturated heterocycles. The van der Waals surface area contributed by atoms with Crippen molar-refractivity contribution in [2.24, 2.45) is 0 Å². The second-order valence-corrected chi connectivity index (χ2v) is 8.49. The number of nitrogens with zero attached hydrogens (tertiary/aromatic N) is 4. The molecule has 1 aromatic rings. The van der Waals surface area contributed by atoms with E-state index in [1.165, 1.54) is 44.2 Å². The Bertz CT molecular complexity index is 855. The summed E-state index contributed by atoms with van der Waals surface area (Å²) in [4.78, 5) is 27.5. The fraction of sp³-hybridized carbons (Fsp3) is 0.500. The van der Waals surface area contributed by atoms with E-state index in [2.05, 4.69) is 11.0 Å². The molecule has 1 aromatic carbocycles. The molecule has 1 amide bonds. The van der Waals surface area contributed by atoms with E-state index in [-0.39, 0.29) is 23.9 Å². The highest BCUT2D eigenvalue weighted by Crippen LogP contribution is 2.43. The summed E-state index contributed by atoms with van der Waals surface area (Å²) in [6.45, 7) is 0.560. The molecule has 0 bridgehead atoms. The quantitative estimate of drug-likeness (QED) is 0.566. The third-order valence-corrected chi connectivity index (χ3v) is 7.09. The standard InChI is InChI=1S/C20H22N4O3S/c21-11-18-17(14-6-8-16(9-7-14)24(26)27)10-19(25)23-12-22(13-28-20(18)23)15-4-2-1-3-5-15/h6-9,15,17H,1-5,10,12-13H2/t17-/m1/s1. The molecule has 28 heavy (non-hydrogen) atoms. The van der Waals surface area contributed by atoms with E-state index in [1.54, 1.807) is 28.8 Å². The molecule has 3 aliphatic rings. The monoisotopic (exact) mass is 398 g/mol. The Morgan fingerprint density at radius 2 is 1.89 bits per heavy atom. The maximum atomic E-state index is 12.9. The van der Waals surface area contributed by atoms with Gasteiger partial charge in [-0.1, -0.05) is 43.2 Å². The van der Waals surface area contributed by atoms with Crippen molar-refractivity contribution in [3.63, 3.8) is 0 Å². The van der Waals surface area contributed by atoms with Crippen molar-refractivity contribution >= 4 is 23.4 Å². The predicted octanol–water partition coefficient (Wildman–Crippen LogP) is 3.94. The molecule has 0 spiro atoms. The van der Waals surface area contributed by atoms with Crippen LogP contribution >= 0.6 is 11.8 Å². The molecule has 1 aliphatic carbocycles. The van der Waals surface area contributed by atoms with Gasteiger partial charge < -0.3 is 0 Å². The van der Waals surface area contributed by atoms with Gasteiger partial charge in [-0.15, -0.1) is 0 Å². The van der Waals surface area contributed by atoms with Crippen molar-refractivity contribution in [1.82, 2.24) is 9.80 Å². The number of fused-ring (bicyclic) bond motifs is 1. The van der Waals surface area contributed by atoms with E-state index < -0.39 is 4.92 Å². The zero-order valence-electron chi connectivity index (χ0n) is 15.5. The lowest BCUT2D eigenvalue weighted by Crippen LogP contribution is -2.51. The number of hydrogen-bond donors (Lipinski definition) is 0. The molecule has 1 saturated carbocycles. The molecule has 2 fully saturated rings. The SMILES string of the molecule is N#CC1=C2SCN(C3CCCCC3)CN2C(=O)C[C@@H]1c1ccc([N+](=O)[O-])cc1. The average molecular weight is 398 g/mol. The molecule has 7 nitrogen and oxygen atoms in total. The molecule has 8 heteroatoms. The number of carbonyl (C=O) groups is 1. The topological polar surface area (TPSA) is 90.5 Å². The highest BCUT2D eigenvalue weighted by Gasteiger charge is 2.39. The van der Waals surface area contributed by atoms with E-state index in [0.717, 1.165) is 16.5 Å². The first-order valence-corrected chi connectivity index (χ1v) is 10.6. The Balaban J connectivity index is 1.59. The maximum absolute atomic E-state index is 12.9. The van der Waals surface area contributed by atoms with Gasteiger partial charge in [0.25, 0.3) is 5.69 Å². The molecule has 4 rings (SSSR count). The van der Waals surface area contributed by atoms with Gasteiger partial charge in [-0.2, -0.15) is 5.26 Å². The van der Waals surface area contributed by atoms with Crippen LogP contribution in [0.4, 0.5) is 5.69 Å². The first-order chi connectivity index (χ1) is 13.6. The highest BCUT2D eigenvalue weighted by molar-refractivity contribution is 8.03. The van der Waals surface area contributed by atoms with Crippen LogP contribution in [0.2, 0.25) is 0 Å². The lowest BCUT2D eigenvalue weighted by molar-refractivity contribution is -0.384. The molecule has 0 radical (unpaired) electrons. The molecule has 0 unspecified atom stereocenters. The van der Waals surface area contributed by atoms with Crippen molar-refractivity contribution < 1.29 is 9.72 Å². The van der Waals surface area contributed by atoms with Gasteiger partial charge in [-0.05, 0) is 18.4 Å². The van der Waals surface area contributed by atoms with Crippen molar-refractivity contribution in [2.45, 2.75) is 50.5 Å². The maximum Gasteiger partial charge on any atom is 0.269 e. The Morgan fingerprint density at radius 1 is 1.18 bits per heavy atom. The number of nitriles is 1. The molecule has 1 atom stereocenters. The minimum absolute atomic E-state index is 0.00818. The van der Waals surface area contributed by atoms with Crippen molar-refractivity contribution in [1.29, 1.82) is 5.26 Å². The third-order valence-electron chi connectivity index (χ3n) is 5.91. The number of non-ortho nitro benzene ring substituents is 1. The zero-order valence-corrected chi connectivity index (χ0v) is 16.4. The van der Waals surface area contributed by atoms with Gasteiger partial charge in [-0.3, -0.25) is 24.7 Å². The number of hydrogen-bond acceptors (Lipinski definition) is 6. The number of rotatable bonds is 3. The number of nitro benzene ring substituents is 1. The van der Waals surface area contributed by atoms with Crippen LogP contribution in [0.15, 0.2) is 34.9 Å². The Morgan fingerprint density at radius 3 is 2.54 bits per heavy atom. The minimum Gasteiger partial charge on any atom is -0.292 e. The highest BCUT2D eigenvalue weighted by atomic mass is 32.2. The number of benzene rings is 1. The second kappa shape index (κ2) is 7.94. The molecular weight excluding hydrogens is 376 g/mol. The van der Waals surface area contributed by atoms with Crippen LogP contribution in [0.3, 0.4) is 0 Å². The molecule has 0 aromatic heterocycles. The van der Waals surface area contributed by atoms with Gasteiger partial charge in [0, 0.05) is 30.5 Å². The van der Waals surface area contributed by atoms with Crippen LogP contribution in [-0.4, -0.2) is 39.2 Å². The van der Waals surface area contributed by atoms with Gasteiger partial charge in [0.2, 0.25) is 5.91 Å². The largest absolute Gasteiger partial charge is 0.292 e. The summed E-state index contributed by atoms with van der Waals surface area (Å²) >= 11 is 1.57. The second-order valence-electron chi connectivity index (χ2n) is 7.55. The number of carbonyl (C=O) groups excluding carboxylic acids is 1. The lowest BCUT2D eigenvalue weighted by Gasteiger charge is -2.44. The zero-order chi connectivity index (χ0) is 19.7. The average Bonchev–Trinajstić information content (AvgIpc) is 2.74. The molecular formula is C20H22N4O3S. The summed E-state index contributed by atoms with van der Waals surface area (Å²) in [5.41, 5.74) is 1.38. The van der Waals surface area contributed by atoms with Crippen LogP contribution in [0, 0.1) is 21.4 Å². The van der Waals surface area contributed by atoms with Gasteiger partial charge in [-0.25, -0.2) is 0 Å². The number of allylic oxidation sites excluding steroid dienone is 1. The molecule has 0 N–H and O–H groups in total. The molecule has 2 heterocycles. The van der Waals surface area contributed by atoms with Gasteiger partial charge in [0.05, 0.1) is 34.1 Å². The Labute approximate surface area is 168 Å². The van der Waals surface area contributed by atoms with E-state index in [4.69, 9.17) is 0 Å². The third kappa shape index (κ3) is 3.52. The summed E-state index contributed by atoms with van der Waals surface area (Å²) < 4.78 is 0. The van der Waals surface area contributed by atoms with Crippen molar-refractivity contribution in [3.8, 4) is 6.07 Å². The summed E-state index contributed by atoms with van der Waals surface area (Å²) in [7, 11) is 0. The summed E-state index contributed by atoms with van der Waals surface area (Å²) in [6.07, 6.45) is 6.36. The van der Waals surface area contributed by atoms with Crippen molar-refractivity contribution in [3.05, 3.63) is 50.5 Å². The van der Waals surface area contributed by atoms with E-state index in [0.29, 0.717) is 18.3 Å². The van der Waals surface area contributed by atoms with Crippen LogP contribution in [-0.2, 0) is 4.79 Å². The molecule has 2 aliphatic heterocycles. The Kier molecular flexibility index (Phi) is 5.38. The summed E-state index contributed by atoms with van der Waals surface area (Å²) in [5, 5.41) is 21.5. The first-order valence-electron chi connectivity index (χ1n) is 9.64. The Hall–Kier alpha value is -2.37. The van der Waals surface area contributed by atoms with Crippen LogP contribution < -0.4 is 0 Å². The van der Waals surface area contributed by atoms with Crippen molar-refractivity contribution in [2.75, 3.05) is 12.5 Å².